The highest BCUT2D eigenvalue weighted by atomic mass is 32.1. The molecule has 306 valence electrons. The summed E-state index contributed by atoms with van der Waals surface area (Å²) in [6, 6.07) is 37.3. The van der Waals surface area contributed by atoms with Crippen molar-refractivity contribution in [1.29, 1.82) is 0 Å². The summed E-state index contributed by atoms with van der Waals surface area (Å²) < 4.78 is 32.6. The van der Waals surface area contributed by atoms with Crippen LogP contribution in [0, 0.1) is 0 Å². The Morgan fingerprint density at radius 2 is 1.23 bits per heavy atom. The van der Waals surface area contributed by atoms with Crippen LogP contribution < -0.4 is 4.80 Å². The number of ether oxygens (including phenoxy) is 5. The molecule has 2 aromatic heterocycles. The van der Waals surface area contributed by atoms with E-state index < -0.39 is 54.5 Å². The lowest BCUT2D eigenvalue weighted by molar-refractivity contribution is -0.268. The Balaban J connectivity index is 1.35. The Kier molecular flexibility index (Phi) is 12.9. The van der Waals surface area contributed by atoms with E-state index in [0.717, 1.165) is 27.9 Å². The summed E-state index contributed by atoms with van der Waals surface area (Å²) >= 11 is 1.23. The number of thiazole rings is 1. The van der Waals surface area contributed by atoms with Gasteiger partial charge in [0.2, 0.25) is 4.80 Å². The summed E-state index contributed by atoms with van der Waals surface area (Å²) in [7, 11) is 0. The predicted octanol–water partition coefficient (Wildman–Crippen LogP) is 6.93. The molecule has 0 amide bonds. The number of nitrogens with zero attached hydrogens (tertiary/aromatic N) is 5. The molecule has 0 aliphatic carbocycles. The lowest BCUT2D eigenvalue weighted by Gasteiger charge is -2.45. The monoisotopic (exact) mass is 827 g/mol. The highest BCUT2D eigenvalue weighted by molar-refractivity contribution is 7.07. The number of carbonyl (C=O) groups excluding carboxylic acids is 4. The van der Waals surface area contributed by atoms with Gasteiger partial charge in [-0.25, -0.2) is 4.68 Å². The van der Waals surface area contributed by atoms with Crippen LogP contribution in [0.5, 0.6) is 0 Å². The molecule has 1 fully saturated rings. The van der Waals surface area contributed by atoms with Gasteiger partial charge >= 0.3 is 23.9 Å². The second-order valence-electron chi connectivity index (χ2n) is 13.7. The zero-order valence-corrected chi connectivity index (χ0v) is 33.9. The average Bonchev–Trinajstić information content (AvgIpc) is 3.87. The summed E-state index contributed by atoms with van der Waals surface area (Å²) in [5.41, 5.74) is 6.55. The second kappa shape index (κ2) is 18.7. The van der Waals surface area contributed by atoms with Crippen LogP contribution in [0.4, 0.5) is 0 Å². The Bertz CT molecular complexity index is 2550. The third kappa shape index (κ3) is 9.65. The van der Waals surface area contributed by atoms with Crippen molar-refractivity contribution < 1.29 is 42.9 Å². The third-order valence-electron chi connectivity index (χ3n) is 9.40. The molecule has 7 rings (SSSR count). The van der Waals surface area contributed by atoms with Gasteiger partial charge in [0.25, 0.3) is 0 Å². The number of esters is 4. The van der Waals surface area contributed by atoms with Gasteiger partial charge in [-0.2, -0.15) is 10.2 Å². The fraction of sp³-hybridized carbons (Fsp3) is 0.222. The van der Waals surface area contributed by atoms with Gasteiger partial charge < -0.3 is 23.7 Å². The molecule has 0 N–H and O–H groups in total. The number of rotatable bonds is 12. The van der Waals surface area contributed by atoms with Crippen molar-refractivity contribution in [2.45, 2.75) is 58.3 Å². The van der Waals surface area contributed by atoms with Crippen LogP contribution in [0.15, 0.2) is 137 Å². The Labute approximate surface area is 349 Å². The first-order valence-corrected chi connectivity index (χ1v) is 19.9. The van der Waals surface area contributed by atoms with Crippen molar-refractivity contribution in [3.63, 3.8) is 0 Å². The zero-order valence-electron chi connectivity index (χ0n) is 33.1. The summed E-state index contributed by atoms with van der Waals surface area (Å²) in [6.45, 7) is 4.38. The van der Waals surface area contributed by atoms with Crippen LogP contribution in [0.1, 0.15) is 39.5 Å². The quantitative estimate of drug-likeness (QED) is 0.0548. The van der Waals surface area contributed by atoms with Crippen LogP contribution in [0.2, 0.25) is 0 Å². The van der Waals surface area contributed by atoms with E-state index in [1.807, 2.05) is 115 Å². The first kappa shape index (κ1) is 41.2. The molecule has 3 heterocycles. The van der Waals surface area contributed by atoms with Crippen molar-refractivity contribution >= 4 is 41.4 Å². The molecular weight excluding hydrogens is 787 g/mol. The SMILES string of the molecule is CC(=O)OC[C@H]1O[C@@H](n2c(-c3ccccc3)cs/c2=N\N=C\c2cn(-c3ccccc3)nc2-c2ccc(-c3ccccc3)cc2)[C@H](OC(C)=O)[C@@H](OC(C)=O)[C@@H]1OC(C)=O. The Morgan fingerprint density at radius 1 is 0.683 bits per heavy atom. The molecule has 0 saturated carbocycles. The maximum absolute atomic E-state index is 12.7. The minimum Gasteiger partial charge on any atom is -0.463 e. The van der Waals surface area contributed by atoms with Crippen molar-refractivity contribution in [1.82, 2.24) is 14.3 Å². The van der Waals surface area contributed by atoms with Crippen molar-refractivity contribution in [2.24, 2.45) is 10.2 Å². The maximum atomic E-state index is 12.7. The molecule has 1 aliphatic heterocycles. The number of hydrogen-bond donors (Lipinski definition) is 0. The van der Waals surface area contributed by atoms with E-state index in [1.54, 1.807) is 15.5 Å². The summed E-state index contributed by atoms with van der Waals surface area (Å²) in [5.74, 6) is -2.81. The molecule has 14 nitrogen and oxygen atoms in total. The largest absolute Gasteiger partial charge is 0.463 e. The van der Waals surface area contributed by atoms with Crippen LogP contribution in [-0.2, 0) is 42.9 Å². The van der Waals surface area contributed by atoms with Crippen LogP contribution in [-0.4, -0.2) is 75.5 Å². The smallest absolute Gasteiger partial charge is 0.303 e. The molecule has 1 aliphatic rings. The fourth-order valence-electron chi connectivity index (χ4n) is 6.88. The fourth-order valence-corrected chi connectivity index (χ4v) is 7.76. The van der Waals surface area contributed by atoms with E-state index in [4.69, 9.17) is 28.8 Å². The van der Waals surface area contributed by atoms with E-state index in [-0.39, 0.29) is 6.61 Å². The van der Waals surface area contributed by atoms with Gasteiger partial charge in [-0.1, -0.05) is 103 Å². The van der Waals surface area contributed by atoms with E-state index in [2.05, 4.69) is 22.3 Å². The van der Waals surface area contributed by atoms with Crippen molar-refractivity contribution in [2.75, 3.05) is 6.61 Å². The number of benzene rings is 4. The number of para-hydroxylation sites is 1. The zero-order chi connectivity index (χ0) is 42.2. The lowest BCUT2D eigenvalue weighted by Crippen LogP contribution is -2.61. The third-order valence-corrected chi connectivity index (χ3v) is 10.2. The predicted molar refractivity (Wildman–Crippen MR) is 223 cm³/mol. The van der Waals surface area contributed by atoms with Gasteiger partial charge in [0.05, 0.1) is 17.6 Å². The van der Waals surface area contributed by atoms with Gasteiger partial charge in [-0.05, 0) is 28.8 Å². The van der Waals surface area contributed by atoms with Gasteiger partial charge in [0.1, 0.15) is 18.4 Å². The maximum Gasteiger partial charge on any atom is 0.303 e. The van der Waals surface area contributed by atoms with Crippen molar-refractivity contribution in [3.8, 4) is 39.3 Å². The molecule has 6 aromatic rings. The van der Waals surface area contributed by atoms with Crippen molar-refractivity contribution in [3.05, 3.63) is 137 Å². The minimum absolute atomic E-state index is 0.301. The number of aromatic nitrogens is 3. The first-order chi connectivity index (χ1) is 29.0. The number of carbonyl (C=O) groups is 4. The molecule has 15 heteroatoms. The van der Waals surface area contributed by atoms with Gasteiger partial charge in [0, 0.05) is 50.4 Å². The van der Waals surface area contributed by atoms with Crippen LogP contribution >= 0.6 is 11.3 Å². The van der Waals surface area contributed by atoms with Gasteiger partial charge in [-0.3, -0.25) is 23.7 Å². The minimum atomic E-state index is -1.39. The van der Waals surface area contributed by atoms with E-state index in [1.165, 1.54) is 39.0 Å². The standard InChI is InChI=1S/C45H41N5O9S/c1-28(51)55-26-39-41(56-29(2)52)42(57-30(3)53)43(58-31(4)54)44(59-39)50-38(34-16-10-6-11-17-34)27-60-45(50)47-46-24-36-25-49(37-18-12-7-13-19-37)48-40(36)35-22-20-33(21-23-35)32-14-8-5-9-15-32/h5-25,27,39,41-44H,26H2,1-4H3/b46-24+,47-45-/t39-,41-,42+,43-,44-/m1/s1. The molecule has 1 saturated heterocycles. The summed E-state index contributed by atoms with van der Waals surface area (Å²) in [4.78, 5) is 50.0. The topological polar surface area (TPSA) is 162 Å². The molecule has 0 bridgehead atoms. The number of hydrogen-bond acceptors (Lipinski definition) is 13. The average molecular weight is 828 g/mol. The molecule has 0 unspecified atom stereocenters. The molecule has 0 spiro atoms. The van der Waals surface area contributed by atoms with Crippen LogP contribution in [0.3, 0.4) is 0 Å². The van der Waals surface area contributed by atoms with Gasteiger partial charge in [-0.15, -0.1) is 16.4 Å². The second-order valence-corrected chi connectivity index (χ2v) is 14.6. The van der Waals surface area contributed by atoms with E-state index in [0.29, 0.717) is 21.8 Å². The molecule has 4 aromatic carbocycles. The van der Waals surface area contributed by atoms with Crippen LogP contribution in [0.25, 0.3) is 39.3 Å². The highest BCUT2D eigenvalue weighted by Crippen LogP contribution is 2.37. The molecule has 5 atom stereocenters. The van der Waals surface area contributed by atoms with E-state index >= 15 is 0 Å². The normalized spacial score (nSPS) is 19.1. The van der Waals surface area contributed by atoms with Gasteiger partial charge in [0.15, 0.2) is 24.5 Å². The molecule has 60 heavy (non-hydrogen) atoms. The molecular formula is C45H41N5O9S. The lowest BCUT2D eigenvalue weighted by atomic mass is 9.96. The Morgan fingerprint density at radius 3 is 1.85 bits per heavy atom. The highest BCUT2D eigenvalue weighted by Gasteiger charge is 2.53. The first-order valence-electron chi connectivity index (χ1n) is 19.0. The summed E-state index contributed by atoms with van der Waals surface area (Å²) in [5, 5.41) is 16.0. The summed E-state index contributed by atoms with van der Waals surface area (Å²) in [6.07, 6.45) is -3.06. The Hall–Kier alpha value is -6.97. The molecule has 0 radical (unpaired) electrons. The van der Waals surface area contributed by atoms with E-state index in [9.17, 15) is 19.2 Å².